The fourth-order valence-electron chi connectivity index (χ4n) is 3.06. The summed E-state index contributed by atoms with van der Waals surface area (Å²) in [5, 5.41) is 5.14. The number of urea groups is 1. The van der Waals surface area contributed by atoms with Crippen molar-refractivity contribution < 1.29 is 13.2 Å². The second kappa shape index (κ2) is 7.04. The summed E-state index contributed by atoms with van der Waals surface area (Å²) in [5.41, 5.74) is 9.16. The van der Waals surface area contributed by atoms with E-state index in [1.54, 1.807) is 30.3 Å². The van der Waals surface area contributed by atoms with Crippen LogP contribution < -0.4 is 15.8 Å². The van der Waals surface area contributed by atoms with Gasteiger partial charge in [0.05, 0.1) is 21.6 Å². The molecule has 9 heteroatoms. The van der Waals surface area contributed by atoms with E-state index in [4.69, 9.17) is 10.9 Å². The molecule has 0 saturated heterocycles. The van der Waals surface area contributed by atoms with Crippen molar-refractivity contribution in [1.82, 2.24) is 9.97 Å². The summed E-state index contributed by atoms with van der Waals surface area (Å²) in [6, 6.07) is 20.0. The summed E-state index contributed by atoms with van der Waals surface area (Å²) in [4.78, 5) is 21.0. The summed E-state index contributed by atoms with van der Waals surface area (Å²) >= 11 is 0. The molecule has 5 N–H and O–H groups in total. The zero-order valence-electron chi connectivity index (χ0n) is 15.1. The van der Waals surface area contributed by atoms with E-state index in [2.05, 4.69) is 9.97 Å². The Morgan fingerprint density at radius 2 is 1.66 bits per heavy atom. The quantitative estimate of drug-likeness (QED) is 0.479. The van der Waals surface area contributed by atoms with Gasteiger partial charge in [0.1, 0.15) is 0 Å². The number of carbonyl (C=O) groups excluding carboxylic acids is 1. The highest BCUT2D eigenvalue weighted by molar-refractivity contribution is 7.89. The number of hydrogen-bond acceptors (Lipinski definition) is 4. The van der Waals surface area contributed by atoms with E-state index < -0.39 is 16.1 Å². The van der Waals surface area contributed by atoms with Crippen LogP contribution in [0.5, 0.6) is 0 Å². The molecule has 0 bridgehead atoms. The smallest absolute Gasteiger partial charge is 0.326 e. The zero-order valence-corrected chi connectivity index (χ0v) is 15.9. The molecule has 2 amide bonds. The molecule has 0 aliphatic heterocycles. The van der Waals surface area contributed by atoms with E-state index in [1.807, 2.05) is 30.3 Å². The van der Waals surface area contributed by atoms with Crippen molar-refractivity contribution in [2.75, 3.05) is 4.90 Å². The van der Waals surface area contributed by atoms with Crippen molar-refractivity contribution in [2.45, 2.75) is 4.90 Å². The molecule has 146 valence electrons. The van der Waals surface area contributed by atoms with Crippen molar-refractivity contribution in [3.8, 4) is 11.1 Å². The summed E-state index contributed by atoms with van der Waals surface area (Å²) in [7, 11) is -3.77. The van der Waals surface area contributed by atoms with Crippen LogP contribution in [0.4, 0.5) is 16.4 Å². The number of carbonyl (C=O) groups is 1. The molecule has 3 aromatic carbocycles. The van der Waals surface area contributed by atoms with E-state index in [1.165, 1.54) is 17.0 Å². The third kappa shape index (κ3) is 3.68. The number of nitrogens with zero attached hydrogens (tertiary/aromatic N) is 2. The lowest BCUT2D eigenvalue weighted by Crippen LogP contribution is -2.32. The fourth-order valence-corrected chi connectivity index (χ4v) is 3.58. The van der Waals surface area contributed by atoms with Crippen molar-refractivity contribution in [2.24, 2.45) is 10.9 Å². The average Bonchev–Trinajstić information content (AvgIpc) is 3.11. The maximum Gasteiger partial charge on any atom is 0.326 e. The van der Waals surface area contributed by atoms with Crippen LogP contribution in [0, 0.1) is 0 Å². The predicted molar refractivity (Wildman–Crippen MR) is 111 cm³/mol. The van der Waals surface area contributed by atoms with Gasteiger partial charge in [0.25, 0.3) is 0 Å². The fraction of sp³-hybridized carbons (Fsp3) is 0. The van der Waals surface area contributed by atoms with Gasteiger partial charge in [0.15, 0.2) is 0 Å². The van der Waals surface area contributed by atoms with Crippen LogP contribution in [-0.2, 0) is 10.0 Å². The normalized spacial score (nSPS) is 11.5. The van der Waals surface area contributed by atoms with Crippen molar-refractivity contribution in [1.29, 1.82) is 0 Å². The Kier molecular flexibility index (Phi) is 4.53. The standard InChI is InChI=1S/C20H17N5O3S/c21-19(26)25(20-23-17-6-1-2-7-18(17)24-20)15-5-3-4-14(12-15)13-8-10-16(11-9-13)29(22,27)28/h1-12H,(H2,21,26)(H,23,24)(H2,22,27,28). The van der Waals surface area contributed by atoms with E-state index in [0.29, 0.717) is 17.2 Å². The Morgan fingerprint density at radius 1 is 0.931 bits per heavy atom. The van der Waals surface area contributed by atoms with Gasteiger partial charge in [-0.3, -0.25) is 0 Å². The van der Waals surface area contributed by atoms with Gasteiger partial charge in [-0.05, 0) is 47.5 Å². The van der Waals surface area contributed by atoms with Gasteiger partial charge < -0.3 is 10.7 Å². The molecule has 8 nitrogen and oxygen atoms in total. The van der Waals surface area contributed by atoms with Gasteiger partial charge in [-0.15, -0.1) is 0 Å². The highest BCUT2D eigenvalue weighted by atomic mass is 32.2. The van der Waals surface area contributed by atoms with Gasteiger partial charge in [-0.2, -0.15) is 0 Å². The number of nitrogens with two attached hydrogens (primary N) is 2. The number of hydrogen-bond donors (Lipinski definition) is 3. The Bertz CT molecular complexity index is 1280. The Balaban J connectivity index is 1.75. The predicted octanol–water partition coefficient (Wildman–Crippen LogP) is 3.09. The van der Waals surface area contributed by atoms with E-state index in [9.17, 15) is 13.2 Å². The number of H-pyrrole nitrogens is 1. The second-order valence-corrected chi connectivity index (χ2v) is 7.93. The number of para-hydroxylation sites is 2. The molecule has 1 heterocycles. The molecule has 0 saturated carbocycles. The number of sulfonamides is 1. The van der Waals surface area contributed by atoms with Crippen LogP contribution in [0.1, 0.15) is 0 Å². The number of amides is 2. The molecule has 0 atom stereocenters. The van der Waals surface area contributed by atoms with Crippen LogP contribution in [0.15, 0.2) is 77.7 Å². The number of fused-ring (bicyclic) bond motifs is 1. The Morgan fingerprint density at radius 3 is 2.31 bits per heavy atom. The molecule has 0 aliphatic carbocycles. The summed E-state index contributed by atoms with van der Waals surface area (Å²) < 4.78 is 22.9. The first-order valence-corrected chi connectivity index (χ1v) is 10.2. The molecule has 1 aromatic heterocycles. The van der Waals surface area contributed by atoms with Crippen LogP contribution in [0.2, 0.25) is 0 Å². The molecule has 0 fully saturated rings. The van der Waals surface area contributed by atoms with Gasteiger partial charge in [-0.25, -0.2) is 28.2 Å². The lowest BCUT2D eigenvalue weighted by Gasteiger charge is -2.18. The number of aromatic nitrogens is 2. The van der Waals surface area contributed by atoms with Crippen molar-refractivity contribution in [3.05, 3.63) is 72.8 Å². The van der Waals surface area contributed by atoms with Crippen molar-refractivity contribution >= 4 is 38.7 Å². The zero-order chi connectivity index (χ0) is 20.6. The largest absolute Gasteiger partial charge is 0.351 e. The summed E-state index contributed by atoms with van der Waals surface area (Å²) in [6.07, 6.45) is 0. The second-order valence-electron chi connectivity index (χ2n) is 6.37. The monoisotopic (exact) mass is 407 g/mol. The van der Waals surface area contributed by atoms with E-state index >= 15 is 0 Å². The van der Waals surface area contributed by atoms with E-state index in [0.717, 1.165) is 16.6 Å². The maximum absolute atomic E-state index is 12.2. The number of primary sulfonamides is 1. The summed E-state index contributed by atoms with van der Waals surface area (Å²) in [6.45, 7) is 0. The van der Waals surface area contributed by atoms with Gasteiger partial charge in [0, 0.05) is 0 Å². The van der Waals surface area contributed by atoms with Gasteiger partial charge >= 0.3 is 6.03 Å². The van der Waals surface area contributed by atoms with Crippen LogP contribution >= 0.6 is 0 Å². The molecule has 0 aliphatic rings. The molecule has 4 aromatic rings. The lowest BCUT2D eigenvalue weighted by atomic mass is 10.1. The number of imidazole rings is 1. The summed E-state index contributed by atoms with van der Waals surface area (Å²) in [5.74, 6) is 0.306. The molecule has 0 spiro atoms. The minimum Gasteiger partial charge on any atom is -0.351 e. The topological polar surface area (TPSA) is 135 Å². The first-order valence-electron chi connectivity index (χ1n) is 8.60. The molecule has 29 heavy (non-hydrogen) atoms. The van der Waals surface area contributed by atoms with Gasteiger partial charge in [-0.1, -0.05) is 36.4 Å². The minimum absolute atomic E-state index is 0.0263. The van der Waals surface area contributed by atoms with Crippen LogP contribution in [-0.4, -0.2) is 24.4 Å². The first kappa shape index (κ1) is 18.7. The number of rotatable bonds is 4. The Hall–Kier alpha value is -3.69. The number of primary amides is 1. The van der Waals surface area contributed by atoms with E-state index in [-0.39, 0.29) is 4.90 Å². The lowest BCUT2D eigenvalue weighted by molar-refractivity contribution is 0.256. The van der Waals surface area contributed by atoms with Gasteiger partial charge in [0.2, 0.25) is 16.0 Å². The third-order valence-corrected chi connectivity index (χ3v) is 5.36. The Labute approximate surface area is 166 Å². The van der Waals surface area contributed by atoms with Crippen LogP contribution in [0.25, 0.3) is 22.2 Å². The van der Waals surface area contributed by atoms with Crippen LogP contribution in [0.3, 0.4) is 0 Å². The molecule has 0 radical (unpaired) electrons. The van der Waals surface area contributed by atoms with Crippen molar-refractivity contribution in [3.63, 3.8) is 0 Å². The minimum atomic E-state index is -3.77. The molecular formula is C20H17N5O3S. The third-order valence-electron chi connectivity index (χ3n) is 4.43. The first-order chi connectivity index (χ1) is 13.8. The number of aromatic amines is 1. The number of nitrogens with one attached hydrogen (secondary N) is 1. The number of benzene rings is 3. The maximum atomic E-state index is 12.2. The highest BCUT2D eigenvalue weighted by Gasteiger charge is 2.19. The number of anilines is 2. The molecule has 0 unspecified atom stereocenters. The molecule has 4 rings (SSSR count). The average molecular weight is 407 g/mol. The SMILES string of the molecule is NC(=O)N(c1cccc(-c2ccc(S(N)(=O)=O)cc2)c1)c1nc2ccccc2[nH]1. The molecular weight excluding hydrogens is 390 g/mol. The highest BCUT2D eigenvalue weighted by Crippen LogP contribution is 2.30.